The minimum absolute atomic E-state index is 0.0114. The summed E-state index contributed by atoms with van der Waals surface area (Å²) in [5.74, 6) is -0.0361. The number of hydrogen-bond donors (Lipinski definition) is 1. The summed E-state index contributed by atoms with van der Waals surface area (Å²) in [5, 5.41) is 11.6. The molecular formula is C14H19N3O4. The Morgan fingerprint density at radius 1 is 1.38 bits per heavy atom. The maximum atomic E-state index is 11.9. The predicted octanol–water partition coefficient (Wildman–Crippen LogP) is 1.20. The first-order chi connectivity index (χ1) is 9.88. The van der Waals surface area contributed by atoms with Crippen molar-refractivity contribution in [2.24, 2.45) is 0 Å². The first kappa shape index (κ1) is 16.7. The van der Waals surface area contributed by atoms with Gasteiger partial charge in [-0.25, -0.2) is 0 Å². The predicted molar refractivity (Wildman–Crippen MR) is 75.7 cm³/mol. The summed E-state index contributed by atoms with van der Waals surface area (Å²) in [7, 11) is 1.63. The van der Waals surface area contributed by atoms with Crippen LogP contribution in [-0.2, 0) is 14.3 Å². The van der Waals surface area contributed by atoms with E-state index in [1.807, 2.05) is 6.07 Å². The zero-order valence-corrected chi connectivity index (χ0v) is 12.6. The van der Waals surface area contributed by atoms with E-state index in [2.05, 4.69) is 5.32 Å². The standard InChI is InChI=1S/C14H19N3O4/c1-5-20-13(19)8-17(4)7-12(18)16-14-11(6-15)9(2)10(3)21-14/h5,7-8H2,1-4H3,(H,16,18). The van der Waals surface area contributed by atoms with Gasteiger partial charge in [0.2, 0.25) is 11.8 Å². The third kappa shape index (κ3) is 4.61. The number of anilines is 1. The number of nitrogens with zero attached hydrogens (tertiary/aromatic N) is 2. The summed E-state index contributed by atoms with van der Waals surface area (Å²) in [6, 6.07) is 2.00. The van der Waals surface area contributed by atoms with Crippen molar-refractivity contribution in [2.45, 2.75) is 20.8 Å². The second-order valence-corrected chi connectivity index (χ2v) is 4.62. The molecule has 0 aliphatic heterocycles. The zero-order valence-electron chi connectivity index (χ0n) is 12.6. The monoisotopic (exact) mass is 293 g/mol. The highest BCUT2D eigenvalue weighted by atomic mass is 16.5. The van der Waals surface area contributed by atoms with E-state index < -0.39 is 5.97 Å². The van der Waals surface area contributed by atoms with Crippen LogP contribution < -0.4 is 5.32 Å². The van der Waals surface area contributed by atoms with Crippen molar-refractivity contribution >= 4 is 17.8 Å². The average molecular weight is 293 g/mol. The van der Waals surface area contributed by atoms with E-state index in [0.29, 0.717) is 23.5 Å². The number of carbonyl (C=O) groups excluding carboxylic acids is 2. The molecule has 21 heavy (non-hydrogen) atoms. The van der Waals surface area contributed by atoms with Crippen molar-refractivity contribution in [2.75, 3.05) is 32.1 Å². The Morgan fingerprint density at radius 2 is 2.05 bits per heavy atom. The number of carbonyl (C=O) groups is 2. The van der Waals surface area contributed by atoms with Crippen LogP contribution >= 0.6 is 0 Å². The van der Waals surface area contributed by atoms with Gasteiger partial charge in [0.1, 0.15) is 17.4 Å². The molecule has 0 aliphatic rings. The Bertz CT molecular complexity index is 572. The lowest BCUT2D eigenvalue weighted by molar-refractivity contribution is -0.144. The number of hydrogen-bond acceptors (Lipinski definition) is 6. The highest BCUT2D eigenvalue weighted by molar-refractivity contribution is 5.92. The molecule has 114 valence electrons. The minimum Gasteiger partial charge on any atom is -0.465 e. The number of rotatable bonds is 6. The Hall–Kier alpha value is -2.33. The minimum atomic E-state index is -0.393. The normalized spacial score (nSPS) is 10.3. The molecule has 0 bridgehead atoms. The number of esters is 1. The van der Waals surface area contributed by atoms with Crippen LogP contribution in [0.1, 0.15) is 23.8 Å². The highest BCUT2D eigenvalue weighted by Crippen LogP contribution is 2.25. The van der Waals surface area contributed by atoms with E-state index in [-0.39, 0.29) is 24.9 Å². The maximum absolute atomic E-state index is 11.9. The maximum Gasteiger partial charge on any atom is 0.320 e. The van der Waals surface area contributed by atoms with Gasteiger partial charge in [-0.3, -0.25) is 19.8 Å². The molecule has 0 atom stereocenters. The molecule has 1 heterocycles. The molecule has 7 nitrogen and oxygen atoms in total. The summed E-state index contributed by atoms with van der Waals surface area (Å²) in [6.07, 6.45) is 0. The number of amides is 1. The van der Waals surface area contributed by atoms with Crippen LogP contribution in [0, 0.1) is 25.2 Å². The molecular weight excluding hydrogens is 274 g/mol. The molecule has 1 aromatic rings. The van der Waals surface area contributed by atoms with Crippen LogP contribution in [-0.4, -0.2) is 43.5 Å². The second-order valence-electron chi connectivity index (χ2n) is 4.62. The molecule has 1 N–H and O–H groups in total. The number of nitrogens with one attached hydrogen (secondary N) is 1. The van der Waals surface area contributed by atoms with E-state index in [1.54, 1.807) is 27.8 Å². The fourth-order valence-electron chi connectivity index (χ4n) is 1.74. The molecule has 1 aromatic heterocycles. The van der Waals surface area contributed by atoms with Crippen molar-refractivity contribution < 1.29 is 18.7 Å². The lowest BCUT2D eigenvalue weighted by atomic mass is 10.2. The lowest BCUT2D eigenvalue weighted by Crippen LogP contribution is -2.34. The molecule has 0 fully saturated rings. The van der Waals surface area contributed by atoms with Gasteiger partial charge in [-0.05, 0) is 27.8 Å². The zero-order chi connectivity index (χ0) is 16.0. The molecule has 1 rings (SSSR count). The van der Waals surface area contributed by atoms with E-state index in [0.717, 1.165) is 0 Å². The van der Waals surface area contributed by atoms with Gasteiger partial charge >= 0.3 is 5.97 Å². The highest BCUT2D eigenvalue weighted by Gasteiger charge is 2.18. The molecule has 0 aromatic carbocycles. The molecule has 1 amide bonds. The number of ether oxygens (including phenoxy) is 1. The Balaban J connectivity index is 2.60. The quantitative estimate of drug-likeness (QED) is 0.792. The van der Waals surface area contributed by atoms with E-state index in [1.165, 1.54) is 4.90 Å². The van der Waals surface area contributed by atoms with Gasteiger partial charge in [-0.2, -0.15) is 5.26 Å². The number of likely N-dealkylation sites (N-methyl/N-ethyl adjacent to an activating group) is 1. The van der Waals surface area contributed by atoms with Gasteiger partial charge < -0.3 is 9.15 Å². The van der Waals surface area contributed by atoms with Crippen LogP contribution in [0.25, 0.3) is 0 Å². The second kappa shape index (κ2) is 7.45. The van der Waals surface area contributed by atoms with Gasteiger partial charge in [-0.15, -0.1) is 0 Å². The molecule has 0 saturated heterocycles. The summed E-state index contributed by atoms with van der Waals surface area (Å²) in [6.45, 7) is 5.49. The average Bonchev–Trinajstić information content (AvgIpc) is 2.63. The third-order valence-electron chi connectivity index (χ3n) is 2.87. The molecule has 0 spiro atoms. The Morgan fingerprint density at radius 3 is 2.62 bits per heavy atom. The number of aryl methyl sites for hydroxylation is 1. The van der Waals surface area contributed by atoms with Crippen molar-refractivity contribution in [1.82, 2.24) is 4.90 Å². The summed E-state index contributed by atoms with van der Waals surface area (Å²) in [4.78, 5) is 24.7. The Labute approximate surface area is 123 Å². The SMILES string of the molecule is CCOC(=O)CN(C)CC(=O)Nc1oc(C)c(C)c1C#N. The van der Waals surface area contributed by atoms with Crippen LogP contribution in [0.5, 0.6) is 0 Å². The van der Waals surface area contributed by atoms with E-state index in [9.17, 15) is 9.59 Å². The molecule has 0 radical (unpaired) electrons. The summed E-state index contributed by atoms with van der Waals surface area (Å²) >= 11 is 0. The summed E-state index contributed by atoms with van der Waals surface area (Å²) in [5.41, 5.74) is 1.02. The van der Waals surface area contributed by atoms with Gasteiger partial charge in [-0.1, -0.05) is 0 Å². The topological polar surface area (TPSA) is 95.6 Å². The molecule has 0 unspecified atom stereocenters. The van der Waals surface area contributed by atoms with Gasteiger partial charge in [0.25, 0.3) is 0 Å². The first-order valence-electron chi connectivity index (χ1n) is 6.53. The third-order valence-corrected chi connectivity index (χ3v) is 2.87. The van der Waals surface area contributed by atoms with Crippen LogP contribution in [0.4, 0.5) is 5.88 Å². The molecule has 0 saturated carbocycles. The molecule has 0 aliphatic carbocycles. The van der Waals surface area contributed by atoms with Crippen LogP contribution in [0.2, 0.25) is 0 Å². The van der Waals surface area contributed by atoms with Gasteiger partial charge in [0, 0.05) is 5.56 Å². The van der Waals surface area contributed by atoms with Gasteiger partial charge in [0.05, 0.1) is 19.7 Å². The van der Waals surface area contributed by atoms with E-state index >= 15 is 0 Å². The van der Waals surface area contributed by atoms with E-state index in [4.69, 9.17) is 14.4 Å². The fraction of sp³-hybridized carbons (Fsp3) is 0.500. The summed E-state index contributed by atoms with van der Waals surface area (Å²) < 4.78 is 10.1. The van der Waals surface area contributed by atoms with Crippen molar-refractivity contribution in [1.29, 1.82) is 5.26 Å². The van der Waals surface area contributed by atoms with Crippen molar-refractivity contribution in [3.8, 4) is 6.07 Å². The van der Waals surface area contributed by atoms with Crippen LogP contribution in [0.15, 0.2) is 4.42 Å². The smallest absolute Gasteiger partial charge is 0.320 e. The largest absolute Gasteiger partial charge is 0.465 e. The number of furan rings is 1. The lowest BCUT2D eigenvalue weighted by Gasteiger charge is -2.14. The Kier molecular flexibility index (Phi) is 5.93. The first-order valence-corrected chi connectivity index (χ1v) is 6.53. The van der Waals surface area contributed by atoms with Crippen molar-refractivity contribution in [3.63, 3.8) is 0 Å². The van der Waals surface area contributed by atoms with Gasteiger partial charge in [0.15, 0.2) is 0 Å². The number of nitriles is 1. The van der Waals surface area contributed by atoms with Crippen molar-refractivity contribution in [3.05, 3.63) is 16.9 Å². The van der Waals surface area contributed by atoms with Crippen LogP contribution in [0.3, 0.4) is 0 Å². The fourth-order valence-corrected chi connectivity index (χ4v) is 1.74. The molecule has 7 heteroatoms.